The summed E-state index contributed by atoms with van der Waals surface area (Å²) in [6.07, 6.45) is 1.26. The molecule has 2 nitrogen and oxygen atoms in total. The van der Waals surface area contributed by atoms with Gasteiger partial charge in [0.15, 0.2) is 0 Å². The highest BCUT2D eigenvalue weighted by Gasteiger charge is 2.12. The number of nitrogens with one attached hydrogen (secondary N) is 2. The maximum atomic E-state index is 3.54. The first-order chi connectivity index (χ1) is 6.45. The van der Waals surface area contributed by atoms with Gasteiger partial charge in [-0.05, 0) is 18.5 Å². The summed E-state index contributed by atoms with van der Waals surface area (Å²) in [7, 11) is 0. The van der Waals surface area contributed by atoms with Crippen LogP contribution in [0.4, 0.5) is 0 Å². The van der Waals surface area contributed by atoms with Crippen LogP contribution in [0.25, 0.3) is 0 Å². The van der Waals surface area contributed by atoms with Crippen molar-refractivity contribution in [3.8, 4) is 0 Å². The molecule has 0 saturated carbocycles. The molecule has 1 aromatic carbocycles. The minimum atomic E-state index is 0.667. The van der Waals surface area contributed by atoms with E-state index >= 15 is 0 Å². The van der Waals surface area contributed by atoms with Crippen molar-refractivity contribution in [2.75, 3.05) is 13.1 Å². The fourth-order valence-corrected chi connectivity index (χ4v) is 1.69. The van der Waals surface area contributed by atoms with E-state index < -0.39 is 0 Å². The third kappa shape index (κ3) is 2.54. The van der Waals surface area contributed by atoms with E-state index in [2.05, 4.69) is 41.0 Å². The molecule has 1 saturated heterocycles. The Morgan fingerprint density at radius 3 is 2.85 bits per heavy atom. The molecule has 70 valence electrons. The van der Waals surface area contributed by atoms with Gasteiger partial charge in [0.25, 0.3) is 0 Å². The first-order valence-corrected chi connectivity index (χ1v) is 4.93. The van der Waals surface area contributed by atoms with Crippen molar-refractivity contribution in [1.82, 2.24) is 10.6 Å². The maximum Gasteiger partial charge on any atom is 0.0208 e. The molecule has 0 spiro atoms. The number of rotatable bonds is 3. The predicted octanol–water partition coefficient (Wildman–Crippen LogP) is 1.14. The van der Waals surface area contributed by atoms with Gasteiger partial charge in [-0.2, -0.15) is 0 Å². The molecule has 0 bridgehead atoms. The molecule has 2 rings (SSSR count). The lowest BCUT2D eigenvalue weighted by molar-refractivity contribution is 0.547. The van der Waals surface area contributed by atoms with Crippen molar-refractivity contribution in [3.63, 3.8) is 0 Å². The second-order valence-electron chi connectivity index (χ2n) is 3.56. The molecule has 2 N–H and O–H groups in total. The van der Waals surface area contributed by atoms with E-state index in [0.717, 1.165) is 19.6 Å². The summed E-state index contributed by atoms with van der Waals surface area (Å²) in [5, 5.41) is 6.88. The van der Waals surface area contributed by atoms with Crippen LogP contribution in [0.1, 0.15) is 12.0 Å². The van der Waals surface area contributed by atoms with E-state index in [1.165, 1.54) is 12.0 Å². The van der Waals surface area contributed by atoms with Gasteiger partial charge < -0.3 is 10.6 Å². The van der Waals surface area contributed by atoms with Gasteiger partial charge in [0.05, 0.1) is 0 Å². The number of benzene rings is 1. The zero-order chi connectivity index (χ0) is 8.93. The van der Waals surface area contributed by atoms with E-state index in [-0.39, 0.29) is 0 Å². The van der Waals surface area contributed by atoms with Crippen molar-refractivity contribution >= 4 is 0 Å². The second-order valence-corrected chi connectivity index (χ2v) is 3.56. The molecule has 2 heteroatoms. The molecular formula is C11H16N2. The number of hydrogen-bond acceptors (Lipinski definition) is 2. The van der Waals surface area contributed by atoms with Crippen LogP contribution in [0.15, 0.2) is 30.3 Å². The topological polar surface area (TPSA) is 24.1 Å². The van der Waals surface area contributed by atoms with E-state index in [4.69, 9.17) is 0 Å². The maximum absolute atomic E-state index is 3.54. The van der Waals surface area contributed by atoms with Crippen LogP contribution in [-0.4, -0.2) is 19.1 Å². The molecular weight excluding hydrogens is 160 g/mol. The van der Waals surface area contributed by atoms with Crippen LogP contribution >= 0.6 is 0 Å². The van der Waals surface area contributed by atoms with Gasteiger partial charge in [0, 0.05) is 19.1 Å². The molecule has 0 unspecified atom stereocenters. The highest BCUT2D eigenvalue weighted by atomic mass is 15.0. The molecule has 1 aromatic rings. The van der Waals surface area contributed by atoms with Gasteiger partial charge in [-0.15, -0.1) is 0 Å². The molecule has 1 aliphatic heterocycles. The SMILES string of the molecule is c1ccc(CN[C@H]2CCNC2)cc1. The minimum Gasteiger partial charge on any atom is -0.315 e. The zero-order valence-corrected chi connectivity index (χ0v) is 7.79. The highest BCUT2D eigenvalue weighted by molar-refractivity contribution is 5.14. The fourth-order valence-electron chi connectivity index (χ4n) is 1.69. The van der Waals surface area contributed by atoms with Crippen LogP contribution in [-0.2, 0) is 6.54 Å². The van der Waals surface area contributed by atoms with E-state index in [1.807, 2.05) is 0 Å². The molecule has 1 fully saturated rings. The van der Waals surface area contributed by atoms with Crippen LogP contribution in [0.2, 0.25) is 0 Å². The number of hydrogen-bond donors (Lipinski definition) is 2. The molecule has 0 radical (unpaired) electrons. The molecule has 0 aromatic heterocycles. The Bertz CT molecular complexity index is 240. The molecule has 0 aliphatic carbocycles. The molecule has 0 amide bonds. The second kappa shape index (κ2) is 4.40. The third-order valence-electron chi connectivity index (χ3n) is 2.50. The largest absolute Gasteiger partial charge is 0.315 e. The average molecular weight is 176 g/mol. The van der Waals surface area contributed by atoms with Crippen LogP contribution in [0.5, 0.6) is 0 Å². The summed E-state index contributed by atoms with van der Waals surface area (Å²) in [5.74, 6) is 0. The van der Waals surface area contributed by atoms with Crippen molar-refractivity contribution in [3.05, 3.63) is 35.9 Å². The summed E-state index contributed by atoms with van der Waals surface area (Å²) >= 11 is 0. The monoisotopic (exact) mass is 176 g/mol. The Kier molecular flexibility index (Phi) is 2.95. The quantitative estimate of drug-likeness (QED) is 0.721. The van der Waals surface area contributed by atoms with Crippen molar-refractivity contribution in [1.29, 1.82) is 0 Å². The van der Waals surface area contributed by atoms with Crippen molar-refractivity contribution in [2.24, 2.45) is 0 Å². The average Bonchev–Trinajstić information content (AvgIpc) is 2.69. The Morgan fingerprint density at radius 2 is 2.15 bits per heavy atom. The zero-order valence-electron chi connectivity index (χ0n) is 7.79. The standard InChI is InChI=1S/C11H16N2/c1-2-4-10(5-3-1)8-13-11-6-7-12-9-11/h1-5,11-13H,6-9H2/t11-/m0/s1. The summed E-state index contributed by atoms with van der Waals surface area (Å²) in [5.41, 5.74) is 1.37. The lowest BCUT2D eigenvalue weighted by atomic mass is 10.2. The summed E-state index contributed by atoms with van der Waals surface area (Å²) in [6, 6.07) is 11.2. The molecule has 13 heavy (non-hydrogen) atoms. The molecule has 1 atom stereocenters. The van der Waals surface area contributed by atoms with Gasteiger partial charge in [0.2, 0.25) is 0 Å². The van der Waals surface area contributed by atoms with Gasteiger partial charge >= 0.3 is 0 Å². The van der Waals surface area contributed by atoms with Gasteiger partial charge in [-0.3, -0.25) is 0 Å². The Labute approximate surface area is 79.4 Å². The Hall–Kier alpha value is -0.860. The summed E-state index contributed by atoms with van der Waals surface area (Å²) in [6.45, 7) is 3.27. The lowest BCUT2D eigenvalue weighted by Crippen LogP contribution is -2.30. The fraction of sp³-hybridized carbons (Fsp3) is 0.455. The van der Waals surface area contributed by atoms with Crippen LogP contribution in [0, 0.1) is 0 Å². The summed E-state index contributed by atoms with van der Waals surface area (Å²) in [4.78, 5) is 0. The lowest BCUT2D eigenvalue weighted by Gasteiger charge is -2.10. The van der Waals surface area contributed by atoms with Crippen LogP contribution in [0.3, 0.4) is 0 Å². The van der Waals surface area contributed by atoms with E-state index in [0.29, 0.717) is 6.04 Å². The van der Waals surface area contributed by atoms with Crippen LogP contribution < -0.4 is 10.6 Å². The smallest absolute Gasteiger partial charge is 0.0208 e. The minimum absolute atomic E-state index is 0.667. The van der Waals surface area contributed by atoms with Gasteiger partial charge in [-0.1, -0.05) is 30.3 Å². The first kappa shape index (κ1) is 8.73. The van der Waals surface area contributed by atoms with Crippen molar-refractivity contribution < 1.29 is 0 Å². The predicted molar refractivity (Wildman–Crippen MR) is 54.6 cm³/mol. The van der Waals surface area contributed by atoms with Crippen molar-refractivity contribution in [2.45, 2.75) is 19.0 Å². The van der Waals surface area contributed by atoms with E-state index in [9.17, 15) is 0 Å². The normalized spacial score (nSPS) is 22.0. The molecule has 1 heterocycles. The Balaban J connectivity index is 1.79. The third-order valence-corrected chi connectivity index (χ3v) is 2.50. The molecule has 1 aliphatic rings. The Morgan fingerprint density at radius 1 is 1.31 bits per heavy atom. The van der Waals surface area contributed by atoms with E-state index in [1.54, 1.807) is 0 Å². The van der Waals surface area contributed by atoms with Gasteiger partial charge in [0.1, 0.15) is 0 Å². The highest BCUT2D eigenvalue weighted by Crippen LogP contribution is 2.01. The summed E-state index contributed by atoms with van der Waals surface area (Å²) < 4.78 is 0. The van der Waals surface area contributed by atoms with Gasteiger partial charge in [-0.25, -0.2) is 0 Å². The first-order valence-electron chi connectivity index (χ1n) is 4.93.